The molecule has 6 nitrogen and oxygen atoms in total. The number of carboxylic acid groups (broad SMARTS) is 1. The average molecular weight is 289 g/mol. The van der Waals surface area contributed by atoms with Crippen molar-refractivity contribution in [3.05, 3.63) is 46.5 Å². The van der Waals surface area contributed by atoms with E-state index >= 15 is 0 Å². The van der Waals surface area contributed by atoms with Crippen molar-refractivity contribution < 1.29 is 9.90 Å². The smallest absolute Gasteiger partial charge is 0.317 e. The molecule has 0 aliphatic rings. The van der Waals surface area contributed by atoms with Crippen molar-refractivity contribution in [1.82, 2.24) is 14.3 Å². The maximum absolute atomic E-state index is 12.0. The lowest BCUT2D eigenvalue weighted by atomic mass is 10.2. The normalized spacial score (nSPS) is 11.4. The molecule has 0 aromatic carbocycles. The zero-order valence-electron chi connectivity index (χ0n) is 12.2. The van der Waals surface area contributed by atoms with Gasteiger partial charge in [0.15, 0.2) is 0 Å². The fourth-order valence-electron chi connectivity index (χ4n) is 2.31. The molecule has 0 radical (unpaired) electrons. The maximum Gasteiger partial charge on any atom is 0.317 e. The lowest BCUT2D eigenvalue weighted by Crippen LogP contribution is -2.33. The second kappa shape index (κ2) is 6.49. The highest BCUT2D eigenvalue weighted by atomic mass is 16.4. The summed E-state index contributed by atoms with van der Waals surface area (Å²) in [5.41, 5.74) is 1.00. The zero-order valence-corrected chi connectivity index (χ0v) is 12.2. The summed E-state index contributed by atoms with van der Waals surface area (Å²) in [6, 6.07) is 6.80. The molecule has 0 bridgehead atoms. The van der Waals surface area contributed by atoms with Gasteiger partial charge in [0.1, 0.15) is 5.65 Å². The third-order valence-corrected chi connectivity index (χ3v) is 2.99. The highest BCUT2D eigenvalue weighted by Crippen LogP contribution is 2.06. The van der Waals surface area contributed by atoms with Crippen molar-refractivity contribution in [1.29, 1.82) is 0 Å². The van der Waals surface area contributed by atoms with Gasteiger partial charge >= 0.3 is 5.97 Å². The number of nitrogens with zero attached hydrogens (tertiary/aromatic N) is 3. The highest BCUT2D eigenvalue weighted by molar-refractivity contribution is 5.69. The number of aromatic nitrogens is 2. The molecular formula is C15H19N3O3. The van der Waals surface area contributed by atoms with E-state index in [9.17, 15) is 9.59 Å². The van der Waals surface area contributed by atoms with Crippen LogP contribution in [0.2, 0.25) is 0 Å². The molecule has 0 saturated heterocycles. The quantitative estimate of drug-likeness (QED) is 0.866. The number of pyridine rings is 1. The molecule has 0 unspecified atom stereocenters. The molecule has 6 heteroatoms. The molecule has 0 spiro atoms. The van der Waals surface area contributed by atoms with E-state index in [1.165, 1.54) is 10.5 Å². The van der Waals surface area contributed by atoms with Crippen LogP contribution in [0.25, 0.3) is 5.65 Å². The molecule has 21 heavy (non-hydrogen) atoms. The molecule has 2 heterocycles. The Morgan fingerprint density at radius 3 is 2.86 bits per heavy atom. The largest absolute Gasteiger partial charge is 0.480 e. The Bertz CT molecular complexity index is 694. The van der Waals surface area contributed by atoms with Gasteiger partial charge in [-0.3, -0.25) is 18.9 Å². The first-order valence-corrected chi connectivity index (χ1v) is 6.87. The summed E-state index contributed by atoms with van der Waals surface area (Å²) in [5, 5.41) is 8.97. The van der Waals surface area contributed by atoms with E-state index in [4.69, 9.17) is 5.11 Å². The third kappa shape index (κ3) is 4.13. The van der Waals surface area contributed by atoms with Crippen LogP contribution >= 0.6 is 0 Å². The van der Waals surface area contributed by atoms with Gasteiger partial charge in [0.2, 0.25) is 0 Å². The number of carboxylic acids is 1. The lowest BCUT2D eigenvalue weighted by Gasteiger charge is -2.21. The summed E-state index contributed by atoms with van der Waals surface area (Å²) in [6.07, 6.45) is 1.66. The highest BCUT2D eigenvalue weighted by Gasteiger charge is 2.13. The Hall–Kier alpha value is -2.21. The topological polar surface area (TPSA) is 74.9 Å². The standard InChI is InChI=1S/C15H19N3O3/c1-11(2)8-17(10-15(20)21)9-12-7-14(19)18-6-4-3-5-13(18)16-12/h3-7,11H,8-10H2,1-2H3,(H,20,21). The lowest BCUT2D eigenvalue weighted by molar-refractivity contribution is -0.138. The van der Waals surface area contributed by atoms with Crippen molar-refractivity contribution in [3.8, 4) is 0 Å². The first-order chi connectivity index (χ1) is 9.95. The fraction of sp³-hybridized carbons (Fsp3) is 0.400. The van der Waals surface area contributed by atoms with E-state index in [1.807, 2.05) is 19.9 Å². The average Bonchev–Trinajstić information content (AvgIpc) is 2.37. The van der Waals surface area contributed by atoms with E-state index < -0.39 is 5.97 Å². The Balaban J connectivity index is 2.27. The van der Waals surface area contributed by atoms with Crippen molar-refractivity contribution >= 4 is 11.6 Å². The van der Waals surface area contributed by atoms with E-state index in [2.05, 4.69) is 4.98 Å². The molecule has 2 aromatic heterocycles. The molecule has 2 aromatic rings. The number of rotatable bonds is 6. The predicted octanol–water partition coefficient (Wildman–Crippen LogP) is 1.24. The number of carbonyl (C=O) groups is 1. The minimum absolute atomic E-state index is 0.0615. The van der Waals surface area contributed by atoms with Gasteiger partial charge in [-0.05, 0) is 18.1 Å². The van der Waals surface area contributed by atoms with Gasteiger partial charge in [-0.25, -0.2) is 4.98 Å². The van der Waals surface area contributed by atoms with Crippen LogP contribution in [0.15, 0.2) is 35.3 Å². The van der Waals surface area contributed by atoms with Gasteiger partial charge in [0.25, 0.3) is 5.56 Å². The number of aliphatic carboxylic acids is 1. The Labute approximate surface area is 122 Å². The number of fused-ring (bicyclic) bond motifs is 1. The number of hydrogen-bond acceptors (Lipinski definition) is 4. The summed E-state index contributed by atoms with van der Waals surface area (Å²) in [4.78, 5) is 29.2. The van der Waals surface area contributed by atoms with E-state index in [0.717, 1.165) is 0 Å². The Morgan fingerprint density at radius 1 is 1.43 bits per heavy atom. The first kappa shape index (κ1) is 15.2. The van der Waals surface area contributed by atoms with Crippen LogP contribution in [0.1, 0.15) is 19.5 Å². The van der Waals surface area contributed by atoms with Crippen LogP contribution in [0.4, 0.5) is 0 Å². The third-order valence-electron chi connectivity index (χ3n) is 2.99. The first-order valence-electron chi connectivity index (χ1n) is 6.87. The molecule has 0 saturated carbocycles. The summed E-state index contributed by atoms with van der Waals surface area (Å²) in [6.45, 7) is 4.98. The fourth-order valence-corrected chi connectivity index (χ4v) is 2.31. The minimum atomic E-state index is -0.881. The van der Waals surface area contributed by atoms with Crippen molar-refractivity contribution in [2.75, 3.05) is 13.1 Å². The zero-order chi connectivity index (χ0) is 15.4. The van der Waals surface area contributed by atoms with Crippen molar-refractivity contribution in [2.45, 2.75) is 20.4 Å². The van der Waals surface area contributed by atoms with Crippen LogP contribution in [0, 0.1) is 5.92 Å². The minimum Gasteiger partial charge on any atom is -0.480 e. The molecule has 2 rings (SSSR count). The van der Waals surface area contributed by atoms with Gasteiger partial charge < -0.3 is 5.11 Å². The van der Waals surface area contributed by atoms with Crippen molar-refractivity contribution in [2.24, 2.45) is 5.92 Å². The maximum atomic E-state index is 12.0. The van der Waals surface area contributed by atoms with Gasteiger partial charge in [-0.2, -0.15) is 0 Å². The van der Waals surface area contributed by atoms with Gasteiger partial charge in [-0.15, -0.1) is 0 Å². The second-order valence-electron chi connectivity index (χ2n) is 5.47. The van der Waals surface area contributed by atoms with Crippen LogP contribution in [-0.2, 0) is 11.3 Å². The molecule has 112 valence electrons. The van der Waals surface area contributed by atoms with E-state index in [0.29, 0.717) is 30.3 Å². The van der Waals surface area contributed by atoms with Gasteiger partial charge in [-0.1, -0.05) is 19.9 Å². The molecule has 0 amide bonds. The molecule has 0 atom stereocenters. The van der Waals surface area contributed by atoms with Gasteiger partial charge in [0.05, 0.1) is 12.2 Å². The molecule has 1 N–H and O–H groups in total. The van der Waals surface area contributed by atoms with Crippen LogP contribution in [-0.4, -0.2) is 38.4 Å². The number of hydrogen-bond donors (Lipinski definition) is 1. The van der Waals surface area contributed by atoms with Crippen molar-refractivity contribution in [3.63, 3.8) is 0 Å². The summed E-state index contributed by atoms with van der Waals surface area (Å²) >= 11 is 0. The second-order valence-corrected chi connectivity index (χ2v) is 5.47. The van der Waals surface area contributed by atoms with E-state index in [1.54, 1.807) is 23.2 Å². The van der Waals surface area contributed by atoms with E-state index in [-0.39, 0.29) is 12.1 Å². The summed E-state index contributed by atoms with van der Waals surface area (Å²) in [7, 11) is 0. The van der Waals surface area contributed by atoms with Crippen LogP contribution in [0.3, 0.4) is 0 Å². The Morgan fingerprint density at radius 2 is 2.19 bits per heavy atom. The molecule has 0 aliphatic carbocycles. The van der Waals surface area contributed by atoms with Gasteiger partial charge in [0, 0.05) is 25.4 Å². The summed E-state index contributed by atoms with van der Waals surface area (Å²) < 4.78 is 1.47. The molecule has 0 fully saturated rings. The van der Waals surface area contributed by atoms with Crippen LogP contribution < -0.4 is 5.56 Å². The monoisotopic (exact) mass is 289 g/mol. The molecule has 0 aliphatic heterocycles. The molecular weight excluding hydrogens is 270 g/mol. The SMILES string of the molecule is CC(C)CN(CC(=O)O)Cc1cc(=O)n2ccccc2n1. The predicted molar refractivity (Wildman–Crippen MR) is 79.2 cm³/mol. The van der Waals surface area contributed by atoms with Crippen LogP contribution in [0.5, 0.6) is 0 Å². The summed E-state index contributed by atoms with van der Waals surface area (Å²) in [5.74, 6) is -0.543. The Kier molecular flexibility index (Phi) is 4.70.